The van der Waals surface area contributed by atoms with Crippen LogP contribution in [0.3, 0.4) is 0 Å². The van der Waals surface area contributed by atoms with Gasteiger partial charge in [0.2, 0.25) is 17.4 Å². The second kappa shape index (κ2) is 5.88. The lowest BCUT2D eigenvalue weighted by molar-refractivity contribution is -0.163. The lowest BCUT2D eigenvalue weighted by Gasteiger charge is -2.32. The number of rotatable bonds is 2. The predicted octanol–water partition coefficient (Wildman–Crippen LogP) is 1.33. The third-order valence-electron chi connectivity index (χ3n) is 5.03. The van der Waals surface area contributed by atoms with Crippen LogP contribution in [-0.2, 0) is 16.1 Å². The fraction of sp³-hybridized carbons (Fsp3) is 0.211. The van der Waals surface area contributed by atoms with Gasteiger partial charge in [-0.25, -0.2) is 9.99 Å². The molecule has 28 heavy (non-hydrogen) atoms. The van der Waals surface area contributed by atoms with Crippen molar-refractivity contribution < 1.29 is 14.4 Å². The van der Waals surface area contributed by atoms with Gasteiger partial charge in [-0.2, -0.15) is 5.01 Å². The molecule has 0 saturated carbocycles. The predicted molar refractivity (Wildman–Crippen MR) is 97.7 cm³/mol. The van der Waals surface area contributed by atoms with E-state index in [1.54, 1.807) is 18.2 Å². The molecule has 1 aromatic carbocycles. The van der Waals surface area contributed by atoms with Crippen LogP contribution in [0.5, 0.6) is 0 Å². The van der Waals surface area contributed by atoms with E-state index >= 15 is 0 Å². The molecule has 1 saturated heterocycles. The number of aromatic amines is 2. The van der Waals surface area contributed by atoms with Gasteiger partial charge in [-0.05, 0) is 30.2 Å². The van der Waals surface area contributed by atoms with Gasteiger partial charge in [-0.15, -0.1) is 0 Å². The molecule has 0 radical (unpaired) electrons. The molecule has 9 heteroatoms. The Hall–Kier alpha value is -3.75. The van der Waals surface area contributed by atoms with Crippen LogP contribution in [0.25, 0.3) is 22.6 Å². The normalized spacial score (nSPS) is 16.9. The van der Waals surface area contributed by atoms with Gasteiger partial charge in [-0.3, -0.25) is 19.2 Å². The minimum absolute atomic E-state index is 0.149. The zero-order chi connectivity index (χ0) is 19.4. The van der Waals surface area contributed by atoms with E-state index in [0.717, 1.165) is 10.6 Å². The lowest BCUT2D eigenvalue weighted by Crippen LogP contribution is -2.51. The number of pyridine rings is 1. The summed E-state index contributed by atoms with van der Waals surface area (Å²) in [5, 5.41) is 2.20. The smallest absolute Gasteiger partial charge is 0.273 e. The summed E-state index contributed by atoms with van der Waals surface area (Å²) < 4.78 is 0. The molecular formula is C19H15N5O4. The van der Waals surface area contributed by atoms with E-state index in [2.05, 4.69) is 15.0 Å². The van der Waals surface area contributed by atoms with Crippen molar-refractivity contribution >= 4 is 28.9 Å². The number of benzene rings is 1. The zero-order valence-electron chi connectivity index (χ0n) is 14.7. The van der Waals surface area contributed by atoms with Crippen molar-refractivity contribution in [3.8, 4) is 11.4 Å². The number of imide groups is 1. The Morgan fingerprint density at radius 1 is 0.929 bits per heavy atom. The number of piperidine rings is 1. The number of hydrogen-bond donors (Lipinski definition) is 2. The summed E-state index contributed by atoms with van der Waals surface area (Å²) in [5.41, 5.74) is 2.81. The Balaban J connectivity index is 1.50. The monoisotopic (exact) mass is 377 g/mol. The fourth-order valence-electron chi connectivity index (χ4n) is 3.68. The first-order chi connectivity index (χ1) is 13.5. The van der Waals surface area contributed by atoms with Crippen molar-refractivity contribution in [1.29, 1.82) is 0 Å². The van der Waals surface area contributed by atoms with Crippen LogP contribution < -0.4 is 5.56 Å². The number of carbonyl (C=O) groups is 3. The van der Waals surface area contributed by atoms with Crippen molar-refractivity contribution in [3.63, 3.8) is 0 Å². The average Bonchev–Trinajstić information content (AvgIpc) is 3.22. The van der Waals surface area contributed by atoms with E-state index in [1.807, 2.05) is 6.07 Å². The summed E-state index contributed by atoms with van der Waals surface area (Å²) >= 11 is 0. The molecule has 3 aromatic rings. The quantitative estimate of drug-likeness (QED) is 0.653. The van der Waals surface area contributed by atoms with Crippen molar-refractivity contribution in [1.82, 2.24) is 25.0 Å². The molecule has 140 valence electrons. The Bertz CT molecular complexity index is 1210. The highest BCUT2D eigenvalue weighted by molar-refractivity contribution is 6.04. The maximum Gasteiger partial charge on any atom is 0.273 e. The zero-order valence-corrected chi connectivity index (χ0v) is 14.7. The first-order valence-electron chi connectivity index (χ1n) is 8.91. The van der Waals surface area contributed by atoms with Crippen molar-refractivity contribution in [2.45, 2.75) is 25.8 Å². The van der Waals surface area contributed by atoms with Gasteiger partial charge in [-0.1, -0.05) is 6.07 Å². The SMILES string of the molecule is O=C1c2ccc(-c3nc4[nH]c(=O)ccc4[nH]3)cc2CN1N1C(=O)CCCC1=O. The summed E-state index contributed by atoms with van der Waals surface area (Å²) in [4.78, 5) is 58.7. The number of H-pyrrole nitrogens is 2. The van der Waals surface area contributed by atoms with Crippen LogP contribution in [0, 0.1) is 0 Å². The second-order valence-corrected chi connectivity index (χ2v) is 6.86. The summed E-state index contributed by atoms with van der Waals surface area (Å²) in [6.45, 7) is 0.149. The number of nitrogens with zero attached hydrogens (tertiary/aromatic N) is 3. The van der Waals surface area contributed by atoms with Gasteiger partial charge >= 0.3 is 0 Å². The second-order valence-electron chi connectivity index (χ2n) is 6.86. The summed E-state index contributed by atoms with van der Waals surface area (Å²) in [5.74, 6) is -0.507. The molecule has 0 aliphatic carbocycles. The van der Waals surface area contributed by atoms with Crippen LogP contribution in [0.1, 0.15) is 35.2 Å². The molecule has 3 amide bonds. The number of amides is 3. The van der Waals surface area contributed by atoms with E-state index < -0.39 is 0 Å². The third-order valence-corrected chi connectivity index (χ3v) is 5.03. The van der Waals surface area contributed by atoms with Gasteiger partial charge in [0.1, 0.15) is 5.82 Å². The molecule has 2 aliphatic rings. The number of hydrogen-bond acceptors (Lipinski definition) is 5. The minimum atomic E-state index is -0.362. The molecule has 2 aromatic heterocycles. The Morgan fingerprint density at radius 3 is 2.50 bits per heavy atom. The first kappa shape index (κ1) is 16.4. The molecule has 5 rings (SSSR count). The van der Waals surface area contributed by atoms with Crippen molar-refractivity contribution in [3.05, 3.63) is 51.8 Å². The van der Waals surface area contributed by atoms with Gasteiger partial charge in [0.15, 0.2) is 5.65 Å². The Kier molecular flexibility index (Phi) is 3.45. The molecule has 0 atom stereocenters. The van der Waals surface area contributed by atoms with E-state index in [1.165, 1.54) is 11.1 Å². The Morgan fingerprint density at radius 2 is 1.71 bits per heavy atom. The number of hydrazine groups is 1. The molecule has 4 heterocycles. The van der Waals surface area contributed by atoms with Crippen LogP contribution in [0.15, 0.2) is 35.1 Å². The molecular weight excluding hydrogens is 362 g/mol. The highest BCUT2D eigenvalue weighted by atomic mass is 16.2. The molecule has 2 N–H and O–H groups in total. The molecule has 1 fully saturated rings. The maximum absolute atomic E-state index is 12.7. The summed E-state index contributed by atoms with van der Waals surface area (Å²) in [6.07, 6.45) is 1.03. The van der Waals surface area contributed by atoms with E-state index in [4.69, 9.17) is 0 Å². The van der Waals surface area contributed by atoms with Gasteiger partial charge in [0.05, 0.1) is 12.1 Å². The van der Waals surface area contributed by atoms with Crippen LogP contribution in [0.2, 0.25) is 0 Å². The molecule has 0 bridgehead atoms. The number of aromatic nitrogens is 3. The highest BCUT2D eigenvalue weighted by Gasteiger charge is 2.39. The van der Waals surface area contributed by atoms with Crippen LogP contribution in [0.4, 0.5) is 0 Å². The lowest BCUT2D eigenvalue weighted by atomic mass is 10.1. The van der Waals surface area contributed by atoms with Crippen LogP contribution >= 0.6 is 0 Å². The maximum atomic E-state index is 12.7. The summed E-state index contributed by atoms with van der Waals surface area (Å²) in [6, 6.07) is 8.28. The summed E-state index contributed by atoms with van der Waals surface area (Å²) in [7, 11) is 0. The topological polar surface area (TPSA) is 119 Å². The molecule has 0 unspecified atom stereocenters. The Labute approximate surface area is 157 Å². The van der Waals surface area contributed by atoms with Crippen molar-refractivity contribution in [2.75, 3.05) is 0 Å². The van der Waals surface area contributed by atoms with E-state index in [0.29, 0.717) is 34.5 Å². The van der Waals surface area contributed by atoms with Gasteiger partial charge < -0.3 is 9.97 Å². The minimum Gasteiger partial charge on any atom is -0.337 e. The number of fused-ring (bicyclic) bond motifs is 2. The number of nitrogens with one attached hydrogen (secondary N) is 2. The molecule has 0 spiro atoms. The number of carbonyl (C=O) groups excluding carboxylic acids is 3. The first-order valence-corrected chi connectivity index (χ1v) is 8.91. The largest absolute Gasteiger partial charge is 0.337 e. The average molecular weight is 377 g/mol. The standard InChI is InChI=1S/C19H15N5O4/c25-14-7-6-13-18(21-14)22-17(20-13)10-4-5-12-11(8-10)9-23(19(12)28)24-15(26)2-1-3-16(24)27/h4-8H,1-3,9H2,(H2,20,21,22,25). The van der Waals surface area contributed by atoms with Crippen LogP contribution in [-0.4, -0.2) is 42.7 Å². The molecule has 2 aliphatic heterocycles. The third kappa shape index (κ3) is 2.43. The van der Waals surface area contributed by atoms with Gasteiger partial charge in [0.25, 0.3) is 5.91 Å². The number of imidazole rings is 1. The van der Waals surface area contributed by atoms with E-state index in [-0.39, 0.29) is 42.7 Å². The van der Waals surface area contributed by atoms with E-state index in [9.17, 15) is 19.2 Å². The molecule has 9 nitrogen and oxygen atoms in total. The highest BCUT2D eigenvalue weighted by Crippen LogP contribution is 2.30. The van der Waals surface area contributed by atoms with Gasteiger partial charge in [0, 0.05) is 30.0 Å². The van der Waals surface area contributed by atoms with Crippen molar-refractivity contribution in [2.24, 2.45) is 0 Å². The fourth-order valence-corrected chi connectivity index (χ4v) is 3.68.